The zero-order chi connectivity index (χ0) is 16.7. The normalized spacial score (nSPS) is 10.5. The number of nitrogens with zero attached hydrogens (tertiary/aromatic N) is 2. The zero-order valence-corrected chi connectivity index (χ0v) is 14.1. The van der Waals surface area contributed by atoms with Crippen LogP contribution in [0, 0.1) is 6.92 Å². The monoisotopic (exact) mass is 332 g/mol. The van der Waals surface area contributed by atoms with Crippen LogP contribution in [0.2, 0.25) is 0 Å². The topological polar surface area (TPSA) is 84.0 Å². The SMILES string of the molecule is CCCCNC(=O)NC(=O)CSc1nc(C)nc2ccccc12. The molecule has 0 unspecified atom stereocenters. The number of benzene rings is 1. The molecule has 0 atom stereocenters. The van der Waals surface area contributed by atoms with E-state index in [1.54, 1.807) is 0 Å². The number of nitrogens with one attached hydrogen (secondary N) is 2. The van der Waals surface area contributed by atoms with Gasteiger partial charge in [0.05, 0.1) is 11.3 Å². The summed E-state index contributed by atoms with van der Waals surface area (Å²) >= 11 is 1.30. The van der Waals surface area contributed by atoms with Gasteiger partial charge in [0.25, 0.3) is 0 Å². The molecule has 0 saturated carbocycles. The summed E-state index contributed by atoms with van der Waals surface area (Å²) in [4.78, 5) is 32.1. The second-order valence-corrected chi connectivity index (χ2v) is 6.00. The number of aromatic nitrogens is 2. The summed E-state index contributed by atoms with van der Waals surface area (Å²) in [5, 5.41) is 6.62. The first-order valence-corrected chi connectivity index (χ1v) is 8.52. The van der Waals surface area contributed by atoms with Crippen LogP contribution in [-0.4, -0.2) is 34.2 Å². The van der Waals surface area contributed by atoms with Crippen molar-refractivity contribution in [2.75, 3.05) is 12.3 Å². The van der Waals surface area contributed by atoms with Crippen molar-refractivity contribution in [3.05, 3.63) is 30.1 Å². The van der Waals surface area contributed by atoms with Crippen LogP contribution in [-0.2, 0) is 4.79 Å². The molecule has 0 bridgehead atoms. The number of amides is 3. The number of thioether (sulfide) groups is 1. The van der Waals surface area contributed by atoms with E-state index in [1.807, 2.05) is 38.1 Å². The number of carbonyl (C=O) groups is 2. The largest absolute Gasteiger partial charge is 0.338 e. The van der Waals surface area contributed by atoms with Crippen LogP contribution < -0.4 is 10.6 Å². The third kappa shape index (κ3) is 5.21. The summed E-state index contributed by atoms with van der Waals surface area (Å²) < 4.78 is 0. The van der Waals surface area contributed by atoms with Gasteiger partial charge in [-0.05, 0) is 19.4 Å². The highest BCUT2D eigenvalue weighted by Gasteiger charge is 2.11. The first-order valence-electron chi connectivity index (χ1n) is 7.54. The third-order valence-electron chi connectivity index (χ3n) is 3.09. The van der Waals surface area contributed by atoms with Gasteiger partial charge in [-0.2, -0.15) is 0 Å². The van der Waals surface area contributed by atoms with Gasteiger partial charge in [0.15, 0.2) is 0 Å². The summed E-state index contributed by atoms with van der Waals surface area (Å²) in [6.07, 6.45) is 1.88. The predicted octanol–water partition coefficient (Wildman–Crippen LogP) is 2.66. The number of urea groups is 1. The van der Waals surface area contributed by atoms with Crippen molar-refractivity contribution in [1.29, 1.82) is 0 Å². The minimum atomic E-state index is -0.451. The predicted molar refractivity (Wildman–Crippen MR) is 91.4 cm³/mol. The lowest BCUT2D eigenvalue weighted by Crippen LogP contribution is -2.40. The highest BCUT2D eigenvalue weighted by molar-refractivity contribution is 8.00. The van der Waals surface area contributed by atoms with Crippen molar-refractivity contribution in [2.24, 2.45) is 0 Å². The Kier molecular flexibility index (Phi) is 6.34. The maximum atomic E-state index is 11.8. The van der Waals surface area contributed by atoms with Crippen molar-refractivity contribution in [1.82, 2.24) is 20.6 Å². The van der Waals surface area contributed by atoms with Crippen molar-refractivity contribution in [3.8, 4) is 0 Å². The van der Waals surface area contributed by atoms with E-state index in [4.69, 9.17) is 0 Å². The molecule has 6 nitrogen and oxygen atoms in total. The Morgan fingerprint density at radius 1 is 1.22 bits per heavy atom. The molecule has 0 spiro atoms. The van der Waals surface area contributed by atoms with Crippen LogP contribution in [0.25, 0.3) is 10.9 Å². The molecule has 2 N–H and O–H groups in total. The molecule has 3 amide bonds. The highest BCUT2D eigenvalue weighted by Crippen LogP contribution is 2.24. The second kappa shape index (κ2) is 8.47. The number of hydrogen-bond acceptors (Lipinski definition) is 5. The fourth-order valence-corrected chi connectivity index (χ4v) is 2.85. The van der Waals surface area contributed by atoms with Crippen LogP contribution in [0.1, 0.15) is 25.6 Å². The van der Waals surface area contributed by atoms with E-state index in [9.17, 15) is 9.59 Å². The van der Waals surface area contributed by atoms with Crippen molar-refractivity contribution in [3.63, 3.8) is 0 Å². The molecule has 23 heavy (non-hydrogen) atoms. The lowest BCUT2D eigenvalue weighted by Gasteiger charge is -2.07. The van der Waals surface area contributed by atoms with E-state index < -0.39 is 6.03 Å². The van der Waals surface area contributed by atoms with Gasteiger partial charge in [-0.25, -0.2) is 14.8 Å². The maximum absolute atomic E-state index is 11.8. The van der Waals surface area contributed by atoms with E-state index in [-0.39, 0.29) is 11.7 Å². The Morgan fingerprint density at radius 2 is 2.00 bits per heavy atom. The van der Waals surface area contributed by atoms with E-state index >= 15 is 0 Å². The van der Waals surface area contributed by atoms with Crippen LogP contribution in [0.15, 0.2) is 29.3 Å². The van der Waals surface area contributed by atoms with Gasteiger partial charge in [0.1, 0.15) is 10.9 Å². The molecule has 2 aromatic rings. The standard InChI is InChI=1S/C16H20N4O2S/c1-3-4-9-17-16(22)20-14(21)10-23-15-12-7-5-6-8-13(12)18-11(2)19-15/h5-8H,3-4,9-10H2,1-2H3,(H2,17,20,21,22). The smallest absolute Gasteiger partial charge is 0.321 e. The average Bonchev–Trinajstić information content (AvgIpc) is 2.52. The Labute approximate surface area is 139 Å². The van der Waals surface area contributed by atoms with E-state index in [1.165, 1.54) is 11.8 Å². The molecule has 0 aliphatic rings. The molecule has 122 valence electrons. The summed E-state index contributed by atoms with van der Waals surface area (Å²) in [6.45, 7) is 4.42. The molecule has 7 heteroatoms. The quantitative estimate of drug-likeness (QED) is 0.483. The fraction of sp³-hybridized carbons (Fsp3) is 0.375. The van der Waals surface area contributed by atoms with Crippen LogP contribution >= 0.6 is 11.8 Å². The highest BCUT2D eigenvalue weighted by atomic mass is 32.2. The average molecular weight is 332 g/mol. The molecule has 0 fully saturated rings. The molecule has 0 saturated heterocycles. The number of imide groups is 1. The van der Waals surface area contributed by atoms with Gasteiger partial charge >= 0.3 is 6.03 Å². The Morgan fingerprint density at radius 3 is 2.78 bits per heavy atom. The minimum absolute atomic E-state index is 0.127. The van der Waals surface area contributed by atoms with Gasteiger partial charge < -0.3 is 5.32 Å². The van der Waals surface area contributed by atoms with Crippen molar-refractivity contribution < 1.29 is 9.59 Å². The van der Waals surface area contributed by atoms with Crippen LogP contribution in [0.4, 0.5) is 4.79 Å². The van der Waals surface area contributed by atoms with Gasteiger partial charge in [0.2, 0.25) is 5.91 Å². The number of rotatable bonds is 6. The summed E-state index contributed by atoms with van der Waals surface area (Å²) in [5.74, 6) is 0.440. The zero-order valence-electron chi connectivity index (χ0n) is 13.3. The second-order valence-electron chi connectivity index (χ2n) is 5.04. The van der Waals surface area contributed by atoms with E-state index in [2.05, 4.69) is 20.6 Å². The molecular weight excluding hydrogens is 312 g/mol. The number of hydrogen-bond donors (Lipinski definition) is 2. The molecule has 0 aliphatic carbocycles. The summed E-state index contributed by atoms with van der Waals surface area (Å²) in [7, 11) is 0. The fourth-order valence-electron chi connectivity index (χ4n) is 1.99. The molecule has 1 heterocycles. The molecule has 2 rings (SSSR count). The first kappa shape index (κ1) is 17.2. The van der Waals surface area contributed by atoms with Gasteiger partial charge in [-0.1, -0.05) is 43.3 Å². The van der Waals surface area contributed by atoms with Gasteiger partial charge in [-0.3, -0.25) is 10.1 Å². The molecule has 0 radical (unpaired) electrons. The Balaban J connectivity index is 1.93. The number of unbranched alkanes of at least 4 members (excludes halogenated alkanes) is 1. The summed E-state index contributed by atoms with van der Waals surface area (Å²) in [5.41, 5.74) is 0.847. The number of fused-ring (bicyclic) bond motifs is 1. The minimum Gasteiger partial charge on any atom is -0.338 e. The lowest BCUT2D eigenvalue weighted by molar-refractivity contribution is -0.117. The van der Waals surface area contributed by atoms with E-state index in [0.717, 1.165) is 28.8 Å². The molecule has 1 aromatic heterocycles. The lowest BCUT2D eigenvalue weighted by atomic mass is 10.2. The molecule has 1 aromatic carbocycles. The van der Waals surface area contributed by atoms with Crippen LogP contribution in [0.3, 0.4) is 0 Å². The van der Waals surface area contributed by atoms with Gasteiger partial charge in [-0.15, -0.1) is 0 Å². The van der Waals surface area contributed by atoms with Crippen LogP contribution in [0.5, 0.6) is 0 Å². The number of carbonyl (C=O) groups excluding carboxylic acids is 2. The number of para-hydroxylation sites is 1. The third-order valence-corrected chi connectivity index (χ3v) is 4.08. The van der Waals surface area contributed by atoms with Crippen molar-refractivity contribution in [2.45, 2.75) is 31.7 Å². The summed E-state index contributed by atoms with van der Waals surface area (Å²) in [6, 6.07) is 7.21. The van der Waals surface area contributed by atoms with Gasteiger partial charge in [0, 0.05) is 11.9 Å². The van der Waals surface area contributed by atoms with Crippen molar-refractivity contribution >= 4 is 34.6 Å². The van der Waals surface area contributed by atoms with E-state index in [0.29, 0.717) is 12.4 Å². The first-order chi connectivity index (χ1) is 11.1. The Hall–Kier alpha value is -2.15. The molecular formula is C16H20N4O2S. The molecule has 0 aliphatic heterocycles. The maximum Gasteiger partial charge on any atom is 0.321 e. The number of aryl methyl sites for hydroxylation is 1. The Bertz CT molecular complexity index is 706.